The summed E-state index contributed by atoms with van der Waals surface area (Å²) in [6, 6.07) is 0. The molecule has 0 aromatic rings. The van der Waals surface area contributed by atoms with E-state index in [1.807, 2.05) is 5.32 Å². The van der Waals surface area contributed by atoms with Crippen LogP contribution in [0.25, 0.3) is 0 Å². The largest absolute Gasteiger partial charge is 0.480 e. The van der Waals surface area contributed by atoms with Gasteiger partial charge in [-0.05, 0) is 6.08 Å². The highest BCUT2D eigenvalue weighted by Gasteiger charge is 2.17. The number of carbonyl (C=O) groups is 1. The second kappa shape index (κ2) is 3.31. The summed E-state index contributed by atoms with van der Waals surface area (Å²) in [5.74, 6) is -3.47. The van der Waals surface area contributed by atoms with E-state index in [1.54, 1.807) is 0 Å². The quantitative estimate of drug-likeness (QED) is 0.286. The van der Waals surface area contributed by atoms with E-state index < -0.39 is 18.4 Å². The Morgan fingerprint density at radius 1 is 1.70 bits per heavy atom. The lowest BCUT2D eigenvalue weighted by molar-refractivity contribution is -0.155. The lowest BCUT2D eigenvalue weighted by Gasteiger charge is -2.16. The second-order valence-electron chi connectivity index (χ2n) is 1.68. The van der Waals surface area contributed by atoms with E-state index in [0.29, 0.717) is 0 Å². The van der Waals surface area contributed by atoms with Gasteiger partial charge in [-0.1, -0.05) is 6.58 Å². The highest BCUT2D eigenvalue weighted by molar-refractivity contribution is 5.69. The minimum atomic E-state index is -2.29. The third-order valence-corrected chi connectivity index (χ3v) is 0.784. The molecule has 0 heterocycles. The molecule has 0 aromatic carbocycles. The summed E-state index contributed by atoms with van der Waals surface area (Å²) in [6.07, 6.45) is 0.788. The van der Waals surface area contributed by atoms with Crippen molar-refractivity contribution in [1.29, 1.82) is 0 Å². The van der Waals surface area contributed by atoms with Gasteiger partial charge in [-0.2, -0.15) is 0 Å². The standard InChI is InChI=1S/C5H9NO4/c1-2-5(9,10)6-3-4(7)8/h2,6,9-10H,1,3H2,(H,7,8). The SMILES string of the molecule is C=CC(O)(O)NCC(=O)O. The Hall–Kier alpha value is -0.910. The first-order chi connectivity index (χ1) is 4.48. The van der Waals surface area contributed by atoms with Crippen LogP contribution in [0.5, 0.6) is 0 Å². The fraction of sp³-hybridized carbons (Fsp3) is 0.400. The topological polar surface area (TPSA) is 89.8 Å². The van der Waals surface area contributed by atoms with E-state index in [0.717, 1.165) is 6.08 Å². The summed E-state index contributed by atoms with van der Waals surface area (Å²) in [6.45, 7) is 2.53. The molecule has 0 aliphatic carbocycles. The third-order valence-electron chi connectivity index (χ3n) is 0.784. The molecule has 0 aliphatic rings. The molecule has 0 unspecified atom stereocenters. The predicted molar refractivity (Wildman–Crippen MR) is 33.0 cm³/mol. The van der Waals surface area contributed by atoms with Gasteiger partial charge in [0.15, 0.2) is 0 Å². The third kappa shape index (κ3) is 4.02. The van der Waals surface area contributed by atoms with Crippen LogP contribution in [0.1, 0.15) is 0 Å². The average Bonchev–Trinajstić information content (AvgIpc) is 1.85. The summed E-state index contributed by atoms with van der Waals surface area (Å²) in [7, 11) is 0. The lowest BCUT2D eigenvalue weighted by atomic mass is 10.4. The molecule has 0 atom stereocenters. The van der Waals surface area contributed by atoms with Gasteiger partial charge in [-0.25, -0.2) is 0 Å². The van der Waals surface area contributed by atoms with Crippen molar-refractivity contribution in [2.24, 2.45) is 0 Å². The van der Waals surface area contributed by atoms with E-state index in [-0.39, 0.29) is 0 Å². The second-order valence-corrected chi connectivity index (χ2v) is 1.68. The monoisotopic (exact) mass is 147 g/mol. The molecule has 0 amide bonds. The van der Waals surface area contributed by atoms with Crippen molar-refractivity contribution in [3.05, 3.63) is 12.7 Å². The van der Waals surface area contributed by atoms with Gasteiger partial charge in [0, 0.05) is 0 Å². The Bertz CT molecular complexity index is 143. The number of hydrogen-bond donors (Lipinski definition) is 4. The molecule has 0 radical (unpaired) electrons. The van der Waals surface area contributed by atoms with Gasteiger partial charge < -0.3 is 15.3 Å². The normalized spacial score (nSPS) is 11.0. The number of aliphatic hydroxyl groups is 2. The first-order valence-electron chi connectivity index (χ1n) is 2.53. The smallest absolute Gasteiger partial charge is 0.317 e. The van der Waals surface area contributed by atoms with Crippen molar-refractivity contribution in [3.8, 4) is 0 Å². The molecular weight excluding hydrogens is 138 g/mol. The molecule has 0 saturated heterocycles. The zero-order valence-electron chi connectivity index (χ0n) is 5.24. The number of aliphatic carboxylic acids is 1. The van der Waals surface area contributed by atoms with Crippen LogP contribution in [0.2, 0.25) is 0 Å². The van der Waals surface area contributed by atoms with Crippen molar-refractivity contribution >= 4 is 5.97 Å². The van der Waals surface area contributed by atoms with Gasteiger partial charge >= 0.3 is 5.97 Å². The molecule has 4 N–H and O–H groups in total. The van der Waals surface area contributed by atoms with Crippen molar-refractivity contribution in [2.45, 2.75) is 5.91 Å². The van der Waals surface area contributed by atoms with Crippen LogP contribution >= 0.6 is 0 Å². The fourth-order valence-electron chi connectivity index (χ4n) is 0.278. The highest BCUT2D eigenvalue weighted by Crippen LogP contribution is 1.91. The molecule has 0 rings (SSSR count). The number of carboxylic acid groups (broad SMARTS) is 1. The average molecular weight is 147 g/mol. The molecule has 5 nitrogen and oxygen atoms in total. The molecule has 58 valence electrons. The molecule has 5 heteroatoms. The van der Waals surface area contributed by atoms with Gasteiger partial charge in [0.25, 0.3) is 0 Å². The minimum Gasteiger partial charge on any atom is -0.480 e. The van der Waals surface area contributed by atoms with E-state index in [1.165, 1.54) is 0 Å². The zero-order chi connectivity index (χ0) is 8.20. The van der Waals surface area contributed by atoms with Crippen LogP contribution in [0.3, 0.4) is 0 Å². The Labute approximate surface area is 57.6 Å². The molecule has 0 aliphatic heterocycles. The number of carboxylic acids is 1. The maximum absolute atomic E-state index is 9.84. The number of hydrogen-bond acceptors (Lipinski definition) is 4. The van der Waals surface area contributed by atoms with Crippen LogP contribution in [-0.4, -0.2) is 33.7 Å². The summed E-state index contributed by atoms with van der Waals surface area (Å²) in [5.41, 5.74) is 0. The van der Waals surface area contributed by atoms with E-state index >= 15 is 0 Å². The van der Waals surface area contributed by atoms with E-state index in [2.05, 4.69) is 6.58 Å². The number of nitrogens with one attached hydrogen (secondary N) is 1. The molecule has 10 heavy (non-hydrogen) atoms. The number of rotatable bonds is 4. The summed E-state index contributed by atoms with van der Waals surface area (Å²) < 4.78 is 0. The lowest BCUT2D eigenvalue weighted by Crippen LogP contribution is -2.45. The maximum Gasteiger partial charge on any atom is 0.317 e. The Morgan fingerprint density at radius 3 is 2.50 bits per heavy atom. The van der Waals surface area contributed by atoms with Crippen LogP contribution in [-0.2, 0) is 4.79 Å². The molecule has 0 bridgehead atoms. The van der Waals surface area contributed by atoms with Gasteiger partial charge in [0.2, 0.25) is 5.91 Å². The zero-order valence-corrected chi connectivity index (χ0v) is 5.24. The highest BCUT2D eigenvalue weighted by atomic mass is 16.5. The Balaban J connectivity index is 3.67. The van der Waals surface area contributed by atoms with Crippen molar-refractivity contribution in [3.63, 3.8) is 0 Å². The molecule has 0 fully saturated rings. The molecule has 0 aromatic heterocycles. The van der Waals surface area contributed by atoms with Crippen molar-refractivity contribution < 1.29 is 20.1 Å². The van der Waals surface area contributed by atoms with Crippen molar-refractivity contribution in [1.82, 2.24) is 5.32 Å². The first-order valence-corrected chi connectivity index (χ1v) is 2.53. The first kappa shape index (κ1) is 9.09. The molecular formula is C5H9NO4. The Morgan fingerprint density at radius 2 is 2.20 bits per heavy atom. The minimum absolute atomic E-state index is 0.529. The summed E-state index contributed by atoms with van der Waals surface area (Å²) in [5, 5.41) is 27.2. The Kier molecular flexibility index (Phi) is 3.01. The van der Waals surface area contributed by atoms with Crippen LogP contribution in [0.4, 0.5) is 0 Å². The van der Waals surface area contributed by atoms with Gasteiger partial charge in [0.05, 0.1) is 6.54 Å². The van der Waals surface area contributed by atoms with Gasteiger partial charge in [-0.15, -0.1) is 0 Å². The molecule has 0 spiro atoms. The maximum atomic E-state index is 9.84. The summed E-state index contributed by atoms with van der Waals surface area (Å²) >= 11 is 0. The van der Waals surface area contributed by atoms with E-state index in [9.17, 15) is 4.79 Å². The van der Waals surface area contributed by atoms with Crippen LogP contribution < -0.4 is 5.32 Å². The van der Waals surface area contributed by atoms with E-state index in [4.69, 9.17) is 15.3 Å². The van der Waals surface area contributed by atoms with Gasteiger partial charge in [0.1, 0.15) is 0 Å². The summed E-state index contributed by atoms with van der Waals surface area (Å²) in [4.78, 5) is 9.84. The molecule has 0 saturated carbocycles. The van der Waals surface area contributed by atoms with Gasteiger partial charge in [-0.3, -0.25) is 10.1 Å². The van der Waals surface area contributed by atoms with Crippen LogP contribution in [0.15, 0.2) is 12.7 Å². The van der Waals surface area contributed by atoms with Crippen LogP contribution in [0, 0.1) is 0 Å². The predicted octanol–water partition coefficient (Wildman–Crippen LogP) is -1.52. The van der Waals surface area contributed by atoms with Crippen molar-refractivity contribution in [2.75, 3.05) is 6.54 Å². The fourth-order valence-corrected chi connectivity index (χ4v) is 0.278.